The van der Waals surface area contributed by atoms with Crippen molar-refractivity contribution in [3.8, 4) is 11.5 Å². The molecule has 7 rings (SSSR count). The summed E-state index contributed by atoms with van der Waals surface area (Å²) in [4.78, 5) is 44.4. The molecule has 4 amide bonds. The monoisotopic (exact) mass is 647 g/mol. The second-order valence-electron chi connectivity index (χ2n) is 11.9. The number of barbiturate groups is 1. The van der Waals surface area contributed by atoms with Crippen molar-refractivity contribution < 1.29 is 23.9 Å². The Morgan fingerprint density at radius 2 is 1.47 bits per heavy atom. The molecule has 0 aliphatic carbocycles. The maximum Gasteiger partial charge on any atom is 0.335 e. The molecular weight excluding hydrogens is 614 g/mol. The molecule has 3 heterocycles. The highest BCUT2D eigenvalue weighted by atomic mass is 35.5. The molecule has 238 valence electrons. The minimum absolute atomic E-state index is 0.0775. The van der Waals surface area contributed by atoms with E-state index >= 15 is 0 Å². The summed E-state index contributed by atoms with van der Waals surface area (Å²) in [6.45, 7) is 4.02. The molecule has 4 aromatic rings. The number of hydrogen-bond acceptors (Lipinski definition) is 6. The Labute approximate surface area is 278 Å². The molecule has 0 bridgehead atoms. The van der Waals surface area contributed by atoms with Crippen LogP contribution in [-0.2, 0) is 9.59 Å². The normalized spacial score (nSPS) is 19.8. The lowest BCUT2D eigenvalue weighted by molar-refractivity contribution is -0.122. The van der Waals surface area contributed by atoms with Gasteiger partial charge in [0.05, 0.1) is 24.4 Å². The summed E-state index contributed by atoms with van der Waals surface area (Å²) in [6.07, 6.45) is 3.23. The van der Waals surface area contributed by atoms with Gasteiger partial charge in [-0.05, 0) is 77.9 Å². The first-order chi connectivity index (χ1) is 22.9. The van der Waals surface area contributed by atoms with Gasteiger partial charge in [0.1, 0.15) is 5.57 Å². The predicted molar refractivity (Wildman–Crippen MR) is 183 cm³/mol. The highest BCUT2D eigenvalue weighted by Crippen LogP contribution is 2.50. The van der Waals surface area contributed by atoms with Crippen molar-refractivity contribution >= 4 is 46.9 Å². The minimum atomic E-state index is -0.789. The van der Waals surface area contributed by atoms with Crippen molar-refractivity contribution in [1.29, 1.82) is 0 Å². The van der Waals surface area contributed by atoms with Gasteiger partial charge in [0.15, 0.2) is 11.5 Å². The molecule has 3 aliphatic rings. The van der Waals surface area contributed by atoms with Gasteiger partial charge in [-0.1, -0.05) is 72.3 Å². The highest BCUT2D eigenvalue weighted by molar-refractivity contribution is 6.39. The minimum Gasteiger partial charge on any atom is -0.491 e. The molecule has 9 heteroatoms. The molecule has 1 fully saturated rings. The van der Waals surface area contributed by atoms with Crippen LogP contribution in [0.15, 0.2) is 90.5 Å². The topological polar surface area (TPSA) is 88.2 Å². The van der Waals surface area contributed by atoms with E-state index in [1.54, 1.807) is 12.1 Å². The molecular formula is C38H34ClN3O5. The number of urea groups is 1. The number of benzene rings is 4. The Morgan fingerprint density at radius 3 is 2.02 bits per heavy atom. The van der Waals surface area contributed by atoms with E-state index in [1.807, 2.05) is 55.5 Å². The number of carbonyl (C=O) groups excluding carboxylic acids is 3. The molecule has 0 radical (unpaired) electrons. The van der Waals surface area contributed by atoms with Crippen LogP contribution in [0.25, 0.3) is 6.08 Å². The predicted octanol–water partition coefficient (Wildman–Crippen LogP) is 7.29. The molecule has 1 saturated heterocycles. The van der Waals surface area contributed by atoms with Gasteiger partial charge in [-0.2, -0.15) is 0 Å². The number of halogens is 1. The van der Waals surface area contributed by atoms with Crippen LogP contribution < -0.4 is 24.6 Å². The quantitative estimate of drug-likeness (QED) is 0.167. The van der Waals surface area contributed by atoms with Crippen molar-refractivity contribution in [2.24, 2.45) is 0 Å². The third-order valence-electron chi connectivity index (χ3n) is 9.21. The van der Waals surface area contributed by atoms with Gasteiger partial charge in [-0.25, -0.2) is 9.69 Å². The first-order valence-electron chi connectivity index (χ1n) is 15.8. The van der Waals surface area contributed by atoms with Crippen molar-refractivity contribution in [2.75, 3.05) is 36.6 Å². The Hall–Kier alpha value is -5.08. The van der Waals surface area contributed by atoms with E-state index in [0.29, 0.717) is 29.4 Å². The van der Waals surface area contributed by atoms with Crippen LogP contribution >= 0.6 is 11.6 Å². The highest BCUT2D eigenvalue weighted by Gasteiger charge is 2.40. The van der Waals surface area contributed by atoms with Crippen molar-refractivity contribution in [3.05, 3.63) is 123 Å². The summed E-state index contributed by atoms with van der Waals surface area (Å²) >= 11 is 6.47. The van der Waals surface area contributed by atoms with Crippen LogP contribution in [0.1, 0.15) is 59.4 Å². The fourth-order valence-corrected chi connectivity index (χ4v) is 7.46. The number of nitrogens with zero attached hydrogens (tertiary/aromatic N) is 2. The summed E-state index contributed by atoms with van der Waals surface area (Å²) < 4.78 is 11.1. The smallest absolute Gasteiger partial charge is 0.335 e. The molecule has 0 aromatic heterocycles. The Morgan fingerprint density at radius 1 is 0.872 bits per heavy atom. The first-order valence-corrected chi connectivity index (χ1v) is 16.2. The van der Waals surface area contributed by atoms with Gasteiger partial charge >= 0.3 is 6.03 Å². The molecule has 1 N–H and O–H groups in total. The summed E-state index contributed by atoms with van der Waals surface area (Å²) in [7, 11) is 1.49. The number of ether oxygens (including phenoxy) is 2. The van der Waals surface area contributed by atoms with Crippen molar-refractivity contribution in [3.63, 3.8) is 0 Å². The zero-order valence-corrected chi connectivity index (χ0v) is 26.9. The van der Waals surface area contributed by atoms with Crippen LogP contribution in [0, 0.1) is 0 Å². The number of carbonyl (C=O) groups is 3. The number of nitrogens with one attached hydrogen (secondary N) is 1. The summed E-state index contributed by atoms with van der Waals surface area (Å²) in [5, 5.41) is 2.65. The molecule has 0 saturated carbocycles. The molecule has 0 unspecified atom stereocenters. The van der Waals surface area contributed by atoms with Gasteiger partial charge < -0.3 is 14.4 Å². The maximum absolute atomic E-state index is 14.2. The largest absolute Gasteiger partial charge is 0.491 e. The lowest BCUT2D eigenvalue weighted by Crippen LogP contribution is -2.54. The molecule has 0 spiro atoms. The Balaban J connectivity index is 1.37. The first kappa shape index (κ1) is 30.6. The van der Waals surface area contributed by atoms with E-state index in [9.17, 15) is 14.4 Å². The Bertz CT molecular complexity index is 1840. The standard InChI is InChI=1S/C38H34ClN3O5/c1-3-47-33-20-23(19-32(39)35(33)46-2)18-31-36(43)40-38(45)42(37(31)44)26-21-29-27(24-10-6-4-7-11-24)14-16-41-17-15-28(30(22-26)34(29)41)25-12-8-5-9-13-25/h4-13,18-22,27-28H,3,14-17H2,1-2H3,(H,40,43,45)/b31-18+/t27-,28+. The van der Waals surface area contributed by atoms with E-state index in [2.05, 4.69) is 34.5 Å². The zero-order chi connectivity index (χ0) is 32.7. The third-order valence-corrected chi connectivity index (χ3v) is 9.49. The number of anilines is 2. The summed E-state index contributed by atoms with van der Waals surface area (Å²) in [5.74, 6) is -0.613. The van der Waals surface area contributed by atoms with Gasteiger partial charge in [0.25, 0.3) is 11.8 Å². The van der Waals surface area contributed by atoms with Gasteiger partial charge in [-0.3, -0.25) is 14.9 Å². The summed E-state index contributed by atoms with van der Waals surface area (Å²) in [5.41, 5.74) is 6.36. The van der Waals surface area contributed by atoms with Crippen molar-refractivity contribution in [2.45, 2.75) is 31.6 Å². The van der Waals surface area contributed by atoms with Crippen LogP contribution in [0.2, 0.25) is 5.02 Å². The van der Waals surface area contributed by atoms with Gasteiger partial charge in [0.2, 0.25) is 0 Å². The molecule has 8 nitrogen and oxygen atoms in total. The van der Waals surface area contributed by atoms with Gasteiger partial charge in [0, 0.05) is 30.6 Å². The Kier molecular flexibility index (Phi) is 8.20. The fraction of sp³-hybridized carbons (Fsp3) is 0.237. The van der Waals surface area contributed by atoms with E-state index in [1.165, 1.54) is 30.0 Å². The molecule has 3 aliphatic heterocycles. The molecule has 4 aromatic carbocycles. The lowest BCUT2D eigenvalue weighted by atomic mass is 9.76. The average molecular weight is 648 g/mol. The maximum atomic E-state index is 14.2. The fourth-order valence-electron chi connectivity index (χ4n) is 7.16. The van der Waals surface area contributed by atoms with E-state index in [0.717, 1.165) is 42.0 Å². The second-order valence-corrected chi connectivity index (χ2v) is 12.3. The van der Waals surface area contributed by atoms with Crippen LogP contribution in [0.4, 0.5) is 16.2 Å². The number of hydrogen-bond donors (Lipinski definition) is 1. The van der Waals surface area contributed by atoms with E-state index in [-0.39, 0.29) is 22.4 Å². The van der Waals surface area contributed by atoms with Crippen LogP contribution in [0.3, 0.4) is 0 Å². The number of imide groups is 2. The summed E-state index contributed by atoms with van der Waals surface area (Å²) in [6, 6.07) is 27.0. The number of amides is 4. The zero-order valence-electron chi connectivity index (χ0n) is 26.2. The van der Waals surface area contributed by atoms with Crippen LogP contribution in [0.5, 0.6) is 11.5 Å². The SMILES string of the molecule is CCOc1cc(/C=C2\C(=O)NC(=O)N(c3cc4c5c(c3)[C@H](c3ccccc3)CCN5CC[C@@H]4c3ccccc3)C2=O)cc(Cl)c1OC. The van der Waals surface area contributed by atoms with Crippen LogP contribution in [-0.4, -0.2) is 44.7 Å². The van der Waals surface area contributed by atoms with E-state index in [4.69, 9.17) is 21.1 Å². The second kappa shape index (κ2) is 12.6. The molecule has 2 atom stereocenters. The number of rotatable bonds is 7. The van der Waals surface area contributed by atoms with Crippen molar-refractivity contribution in [1.82, 2.24) is 5.32 Å². The third kappa shape index (κ3) is 5.52. The lowest BCUT2D eigenvalue weighted by Gasteiger charge is -2.44. The van der Waals surface area contributed by atoms with E-state index < -0.39 is 17.8 Å². The molecule has 47 heavy (non-hydrogen) atoms. The number of methoxy groups -OCH3 is 1. The van der Waals surface area contributed by atoms with Gasteiger partial charge in [-0.15, -0.1) is 0 Å². The average Bonchev–Trinajstić information content (AvgIpc) is 3.08.